The number of carbonyl (C=O) groups excluding carboxylic acids is 2. The average Bonchev–Trinajstić information content (AvgIpc) is 2.49. The molecule has 22 heavy (non-hydrogen) atoms. The fourth-order valence-electron chi connectivity index (χ4n) is 2.41. The Bertz CT molecular complexity index is 499. The quantitative estimate of drug-likeness (QED) is 0.865. The highest BCUT2D eigenvalue weighted by atomic mass is 16.5. The van der Waals surface area contributed by atoms with Gasteiger partial charge in [0.2, 0.25) is 0 Å². The van der Waals surface area contributed by atoms with Crippen LogP contribution in [0.5, 0.6) is 0 Å². The number of ketones is 1. The molecule has 5 nitrogen and oxygen atoms in total. The molecule has 1 aromatic rings. The van der Waals surface area contributed by atoms with E-state index in [4.69, 9.17) is 9.47 Å². The van der Waals surface area contributed by atoms with Gasteiger partial charge in [-0.2, -0.15) is 0 Å². The van der Waals surface area contributed by atoms with Crippen molar-refractivity contribution in [3.63, 3.8) is 0 Å². The smallest absolute Gasteiger partial charge is 0.308 e. The fraction of sp³-hybridized carbons (Fsp3) is 0.529. The number of rotatable bonds is 3. The summed E-state index contributed by atoms with van der Waals surface area (Å²) in [6.45, 7) is 2.05. The van der Waals surface area contributed by atoms with Crippen LogP contribution in [0, 0.1) is 0 Å². The summed E-state index contributed by atoms with van der Waals surface area (Å²) in [5.74, 6) is -0.440. The minimum Gasteiger partial charge on any atom is -0.463 e. The normalized spacial score (nSPS) is 27.3. The monoisotopic (exact) mass is 306 g/mol. The summed E-state index contributed by atoms with van der Waals surface area (Å²) in [7, 11) is 0. The Morgan fingerprint density at radius 1 is 1.23 bits per heavy atom. The van der Waals surface area contributed by atoms with E-state index in [-0.39, 0.29) is 24.7 Å². The number of carbonyl (C=O) groups is 2. The standard InChI is InChI=1S/C17H22O5/c1-12-7-8-14(18)9-16(15(19)10-17(20)22-12)21-11-13-5-3-2-4-6-13/h2-6,12,15-16,19H,7-11H2,1H3/t12-,15+,16-/m1/s1. The van der Waals surface area contributed by atoms with Crippen LogP contribution < -0.4 is 0 Å². The number of cyclic esters (lactones) is 1. The van der Waals surface area contributed by atoms with Crippen molar-refractivity contribution in [2.75, 3.05) is 0 Å². The van der Waals surface area contributed by atoms with Crippen LogP contribution in [0.4, 0.5) is 0 Å². The van der Waals surface area contributed by atoms with Crippen molar-refractivity contribution >= 4 is 11.8 Å². The third kappa shape index (κ3) is 5.24. The Kier molecular flexibility index (Phi) is 6.10. The Morgan fingerprint density at radius 3 is 2.68 bits per heavy atom. The van der Waals surface area contributed by atoms with Crippen molar-refractivity contribution in [3.05, 3.63) is 35.9 Å². The first-order valence-electron chi connectivity index (χ1n) is 7.59. The van der Waals surface area contributed by atoms with E-state index in [0.29, 0.717) is 19.4 Å². The molecule has 2 rings (SSSR count). The van der Waals surface area contributed by atoms with Gasteiger partial charge in [0, 0.05) is 12.8 Å². The molecule has 1 N–H and O–H groups in total. The molecule has 1 fully saturated rings. The third-order valence-corrected chi connectivity index (χ3v) is 3.70. The zero-order chi connectivity index (χ0) is 15.9. The Balaban J connectivity index is 1.99. The van der Waals surface area contributed by atoms with Crippen molar-refractivity contribution in [1.82, 2.24) is 0 Å². The van der Waals surface area contributed by atoms with Gasteiger partial charge in [-0.1, -0.05) is 30.3 Å². The second-order valence-corrected chi connectivity index (χ2v) is 5.69. The lowest BCUT2D eigenvalue weighted by atomic mass is 10.00. The summed E-state index contributed by atoms with van der Waals surface area (Å²) >= 11 is 0. The number of aliphatic hydroxyl groups excluding tert-OH is 1. The lowest BCUT2D eigenvalue weighted by Gasteiger charge is -2.25. The second kappa shape index (κ2) is 8.06. The first-order chi connectivity index (χ1) is 10.5. The van der Waals surface area contributed by atoms with Crippen molar-refractivity contribution in [2.24, 2.45) is 0 Å². The first-order valence-corrected chi connectivity index (χ1v) is 7.59. The predicted octanol–water partition coefficient (Wildman–Crippen LogP) is 2.01. The van der Waals surface area contributed by atoms with E-state index in [1.54, 1.807) is 6.92 Å². The van der Waals surface area contributed by atoms with Crippen LogP contribution in [0.15, 0.2) is 30.3 Å². The summed E-state index contributed by atoms with van der Waals surface area (Å²) in [4.78, 5) is 23.7. The van der Waals surface area contributed by atoms with Gasteiger partial charge in [-0.15, -0.1) is 0 Å². The minimum absolute atomic E-state index is 0.0157. The number of ether oxygens (including phenoxy) is 2. The van der Waals surface area contributed by atoms with Gasteiger partial charge < -0.3 is 14.6 Å². The van der Waals surface area contributed by atoms with Gasteiger partial charge in [-0.3, -0.25) is 9.59 Å². The molecule has 3 atom stereocenters. The molecule has 0 aliphatic carbocycles. The molecule has 1 aromatic carbocycles. The van der Waals surface area contributed by atoms with E-state index >= 15 is 0 Å². The van der Waals surface area contributed by atoms with Gasteiger partial charge in [0.15, 0.2) is 0 Å². The molecule has 0 amide bonds. The molecular weight excluding hydrogens is 284 g/mol. The molecule has 0 aromatic heterocycles. The molecule has 1 aliphatic rings. The molecule has 0 bridgehead atoms. The average molecular weight is 306 g/mol. The maximum atomic E-state index is 12.0. The molecule has 1 aliphatic heterocycles. The Hall–Kier alpha value is -1.72. The summed E-state index contributed by atoms with van der Waals surface area (Å²) in [6.07, 6.45) is -1.23. The predicted molar refractivity (Wildman–Crippen MR) is 80.1 cm³/mol. The van der Waals surface area contributed by atoms with Crippen molar-refractivity contribution in [1.29, 1.82) is 0 Å². The maximum Gasteiger partial charge on any atom is 0.308 e. The zero-order valence-corrected chi connectivity index (χ0v) is 12.7. The van der Waals surface area contributed by atoms with Crippen LogP contribution in [0.3, 0.4) is 0 Å². The number of benzene rings is 1. The molecule has 0 unspecified atom stereocenters. The largest absolute Gasteiger partial charge is 0.463 e. The summed E-state index contributed by atoms with van der Waals surface area (Å²) in [5.41, 5.74) is 0.954. The fourth-order valence-corrected chi connectivity index (χ4v) is 2.41. The highest BCUT2D eigenvalue weighted by molar-refractivity contribution is 5.79. The molecule has 0 saturated carbocycles. The molecule has 0 spiro atoms. The van der Waals surface area contributed by atoms with Crippen molar-refractivity contribution < 1.29 is 24.2 Å². The molecule has 0 radical (unpaired) electrons. The molecule has 1 saturated heterocycles. The van der Waals surface area contributed by atoms with Gasteiger partial charge in [0.1, 0.15) is 5.78 Å². The van der Waals surface area contributed by atoms with Crippen LogP contribution in [-0.4, -0.2) is 35.2 Å². The number of hydrogen-bond acceptors (Lipinski definition) is 5. The lowest BCUT2D eigenvalue weighted by Crippen LogP contribution is -2.35. The lowest BCUT2D eigenvalue weighted by molar-refractivity contribution is -0.156. The molecule has 5 heteroatoms. The van der Waals surface area contributed by atoms with E-state index in [1.165, 1.54) is 0 Å². The molecule has 1 heterocycles. The van der Waals surface area contributed by atoms with E-state index < -0.39 is 18.2 Å². The van der Waals surface area contributed by atoms with Gasteiger partial charge >= 0.3 is 5.97 Å². The van der Waals surface area contributed by atoms with Gasteiger partial charge in [-0.05, 0) is 18.9 Å². The number of esters is 1. The van der Waals surface area contributed by atoms with Gasteiger partial charge in [0.25, 0.3) is 0 Å². The van der Waals surface area contributed by atoms with E-state index in [1.807, 2.05) is 30.3 Å². The van der Waals surface area contributed by atoms with Crippen molar-refractivity contribution in [2.45, 2.75) is 57.5 Å². The van der Waals surface area contributed by atoms with Crippen LogP contribution in [-0.2, 0) is 25.7 Å². The highest BCUT2D eigenvalue weighted by Crippen LogP contribution is 2.17. The van der Waals surface area contributed by atoms with Crippen LogP contribution >= 0.6 is 0 Å². The van der Waals surface area contributed by atoms with Gasteiger partial charge in [-0.25, -0.2) is 0 Å². The van der Waals surface area contributed by atoms with Crippen LogP contribution in [0.25, 0.3) is 0 Å². The second-order valence-electron chi connectivity index (χ2n) is 5.69. The third-order valence-electron chi connectivity index (χ3n) is 3.70. The number of aliphatic hydroxyl groups is 1. The summed E-state index contributed by atoms with van der Waals surface area (Å²) in [6, 6.07) is 9.51. The molecule has 120 valence electrons. The topological polar surface area (TPSA) is 72.8 Å². The molecular formula is C17H22O5. The highest BCUT2D eigenvalue weighted by Gasteiger charge is 2.28. The zero-order valence-electron chi connectivity index (χ0n) is 12.7. The SMILES string of the molecule is C[C@@H]1CCC(=O)C[C@@H](OCc2ccccc2)[C@@H](O)CC(=O)O1. The van der Waals surface area contributed by atoms with E-state index in [2.05, 4.69) is 0 Å². The Labute approximate surface area is 130 Å². The number of Topliss-reactive ketones (excluding diaryl/α,β-unsaturated/α-hetero) is 1. The van der Waals surface area contributed by atoms with Crippen molar-refractivity contribution in [3.8, 4) is 0 Å². The number of hydrogen-bond donors (Lipinski definition) is 1. The Morgan fingerprint density at radius 2 is 1.95 bits per heavy atom. The summed E-state index contributed by atoms with van der Waals surface area (Å²) in [5, 5.41) is 10.2. The van der Waals surface area contributed by atoms with Crippen LogP contribution in [0.1, 0.15) is 38.2 Å². The first kappa shape index (κ1) is 16.6. The van der Waals surface area contributed by atoms with E-state index in [0.717, 1.165) is 5.56 Å². The van der Waals surface area contributed by atoms with Gasteiger partial charge in [0.05, 0.1) is 31.3 Å². The summed E-state index contributed by atoms with van der Waals surface area (Å²) < 4.78 is 10.8. The minimum atomic E-state index is -1.04. The maximum absolute atomic E-state index is 12.0. The van der Waals surface area contributed by atoms with E-state index in [9.17, 15) is 14.7 Å². The van der Waals surface area contributed by atoms with Crippen LogP contribution in [0.2, 0.25) is 0 Å².